The third-order valence-corrected chi connectivity index (χ3v) is 8.67. The average molecular weight is 314 g/mol. The molecule has 1 saturated carbocycles. The molecule has 2 aromatic rings. The van der Waals surface area contributed by atoms with Gasteiger partial charge in [0.05, 0.1) is 5.60 Å². The Kier molecular flexibility index (Phi) is 4.25. The van der Waals surface area contributed by atoms with Gasteiger partial charge < -0.3 is 9.67 Å². The first-order valence-electron chi connectivity index (χ1n) is 7.98. The van der Waals surface area contributed by atoms with Crippen LogP contribution >= 0.6 is 7.14 Å². The fourth-order valence-electron chi connectivity index (χ4n) is 3.68. The van der Waals surface area contributed by atoms with Crippen LogP contribution in [0.15, 0.2) is 60.7 Å². The van der Waals surface area contributed by atoms with Crippen molar-refractivity contribution in [2.75, 3.05) is 0 Å². The maximum atomic E-state index is 14.2. The van der Waals surface area contributed by atoms with Crippen LogP contribution in [0.1, 0.15) is 32.6 Å². The van der Waals surface area contributed by atoms with Gasteiger partial charge in [0.2, 0.25) is 0 Å². The van der Waals surface area contributed by atoms with E-state index in [0.29, 0.717) is 0 Å². The Bertz CT molecular complexity index is 621. The lowest BCUT2D eigenvalue weighted by Gasteiger charge is -2.42. The van der Waals surface area contributed by atoms with Crippen molar-refractivity contribution < 1.29 is 9.67 Å². The molecule has 3 rings (SSSR count). The first kappa shape index (κ1) is 15.5. The van der Waals surface area contributed by atoms with E-state index in [4.69, 9.17) is 0 Å². The van der Waals surface area contributed by atoms with Gasteiger partial charge in [0.25, 0.3) is 0 Å². The van der Waals surface area contributed by atoms with Crippen LogP contribution in [-0.4, -0.2) is 16.4 Å². The van der Waals surface area contributed by atoms with Crippen molar-refractivity contribution in [1.29, 1.82) is 0 Å². The standard InChI is InChI=1S/C19H23O2P/c1-19(20)15-9-8-14-18(19)22(21,16-10-4-2-5-11-16)17-12-6-3-7-13-17/h2-7,10-13,18,20H,8-9,14-15H2,1H3/t18-,19-/m1/s1. The molecule has 0 spiro atoms. The van der Waals surface area contributed by atoms with E-state index < -0.39 is 12.7 Å². The summed E-state index contributed by atoms with van der Waals surface area (Å²) in [6.45, 7) is 1.86. The van der Waals surface area contributed by atoms with Crippen molar-refractivity contribution in [3.63, 3.8) is 0 Å². The molecule has 1 N–H and O–H groups in total. The lowest BCUT2D eigenvalue weighted by atomic mass is 9.86. The first-order valence-corrected chi connectivity index (χ1v) is 9.76. The van der Waals surface area contributed by atoms with Gasteiger partial charge in [-0.2, -0.15) is 0 Å². The Morgan fingerprint density at radius 1 is 0.955 bits per heavy atom. The van der Waals surface area contributed by atoms with E-state index >= 15 is 0 Å². The van der Waals surface area contributed by atoms with Crippen molar-refractivity contribution in [3.05, 3.63) is 60.7 Å². The fraction of sp³-hybridized carbons (Fsp3) is 0.368. The first-order chi connectivity index (χ1) is 10.5. The molecule has 0 amide bonds. The highest BCUT2D eigenvalue weighted by Crippen LogP contribution is 2.56. The van der Waals surface area contributed by atoms with Gasteiger partial charge in [-0.1, -0.05) is 73.5 Å². The van der Waals surface area contributed by atoms with E-state index in [0.717, 1.165) is 36.3 Å². The lowest BCUT2D eigenvalue weighted by molar-refractivity contribution is 0.0263. The van der Waals surface area contributed by atoms with Gasteiger partial charge in [0, 0.05) is 16.3 Å². The number of hydrogen-bond donors (Lipinski definition) is 1. The minimum atomic E-state index is -2.87. The van der Waals surface area contributed by atoms with Crippen molar-refractivity contribution in [3.8, 4) is 0 Å². The van der Waals surface area contributed by atoms with Crippen LogP contribution in [0.25, 0.3) is 0 Å². The molecule has 0 radical (unpaired) electrons. The lowest BCUT2D eigenvalue weighted by Crippen LogP contribution is -2.45. The molecule has 0 bridgehead atoms. The summed E-state index contributed by atoms with van der Waals surface area (Å²) < 4.78 is 14.2. The highest BCUT2D eigenvalue weighted by Gasteiger charge is 2.47. The minimum Gasteiger partial charge on any atom is -0.389 e. The van der Waals surface area contributed by atoms with E-state index in [2.05, 4.69) is 0 Å². The van der Waals surface area contributed by atoms with Crippen LogP contribution in [-0.2, 0) is 4.57 Å². The zero-order chi connectivity index (χ0) is 15.6. The van der Waals surface area contributed by atoms with Crippen LogP contribution in [0, 0.1) is 0 Å². The maximum Gasteiger partial charge on any atom is 0.148 e. The molecule has 2 aromatic carbocycles. The summed E-state index contributed by atoms with van der Waals surface area (Å²) in [4.78, 5) is 0. The van der Waals surface area contributed by atoms with E-state index in [1.54, 1.807) is 0 Å². The molecule has 0 aliphatic heterocycles. The molecular weight excluding hydrogens is 291 g/mol. The number of aliphatic hydroxyl groups is 1. The predicted molar refractivity (Wildman–Crippen MR) is 92.6 cm³/mol. The van der Waals surface area contributed by atoms with Gasteiger partial charge in [0.15, 0.2) is 0 Å². The molecule has 1 fully saturated rings. The third kappa shape index (κ3) is 2.66. The van der Waals surface area contributed by atoms with Gasteiger partial charge in [-0.05, 0) is 19.8 Å². The highest BCUT2D eigenvalue weighted by atomic mass is 31.2. The molecule has 2 nitrogen and oxygen atoms in total. The molecule has 0 heterocycles. The normalized spacial score (nSPS) is 25.8. The van der Waals surface area contributed by atoms with Gasteiger partial charge >= 0.3 is 0 Å². The largest absolute Gasteiger partial charge is 0.389 e. The summed E-state index contributed by atoms with van der Waals surface area (Å²) >= 11 is 0. The second kappa shape index (κ2) is 6.02. The fourth-order valence-corrected chi connectivity index (χ4v) is 7.39. The molecule has 22 heavy (non-hydrogen) atoms. The van der Waals surface area contributed by atoms with Crippen LogP contribution < -0.4 is 10.6 Å². The van der Waals surface area contributed by atoms with Crippen molar-refractivity contribution in [2.45, 2.75) is 43.9 Å². The third-order valence-electron chi connectivity index (χ3n) is 4.85. The zero-order valence-corrected chi connectivity index (χ0v) is 13.9. The van der Waals surface area contributed by atoms with Crippen LogP contribution in [0.4, 0.5) is 0 Å². The van der Waals surface area contributed by atoms with Crippen LogP contribution in [0.3, 0.4) is 0 Å². The molecule has 1 aliphatic carbocycles. The topological polar surface area (TPSA) is 37.3 Å². The Labute approximate surface area is 132 Å². The van der Waals surface area contributed by atoms with Gasteiger partial charge in [0.1, 0.15) is 7.14 Å². The molecule has 1 aliphatic rings. The second-order valence-electron chi connectivity index (χ2n) is 6.45. The zero-order valence-electron chi connectivity index (χ0n) is 13.0. The molecule has 116 valence electrons. The number of hydrogen-bond acceptors (Lipinski definition) is 2. The SMILES string of the molecule is C[C@@]1(O)CCCC[C@H]1P(=O)(c1ccccc1)c1ccccc1. The summed E-state index contributed by atoms with van der Waals surface area (Å²) in [5.41, 5.74) is -1.09. The number of benzene rings is 2. The molecule has 0 aromatic heterocycles. The Morgan fingerprint density at radius 3 is 1.91 bits per heavy atom. The molecule has 0 saturated heterocycles. The van der Waals surface area contributed by atoms with Crippen LogP contribution in [0.2, 0.25) is 0 Å². The summed E-state index contributed by atoms with van der Waals surface area (Å²) in [6, 6.07) is 19.4. The summed E-state index contributed by atoms with van der Waals surface area (Å²) in [7, 11) is -2.87. The van der Waals surface area contributed by atoms with Gasteiger partial charge in [-0.25, -0.2) is 0 Å². The van der Waals surface area contributed by atoms with Crippen LogP contribution in [0.5, 0.6) is 0 Å². The summed E-state index contributed by atoms with van der Waals surface area (Å²) in [6.07, 6.45) is 3.58. The van der Waals surface area contributed by atoms with Crippen molar-refractivity contribution in [2.24, 2.45) is 0 Å². The van der Waals surface area contributed by atoms with E-state index in [-0.39, 0.29) is 5.66 Å². The number of rotatable bonds is 3. The van der Waals surface area contributed by atoms with E-state index in [1.807, 2.05) is 67.6 Å². The smallest absolute Gasteiger partial charge is 0.148 e. The van der Waals surface area contributed by atoms with Gasteiger partial charge in [-0.3, -0.25) is 0 Å². The summed E-state index contributed by atoms with van der Waals surface area (Å²) in [5.74, 6) is 0. The second-order valence-corrected chi connectivity index (χ2v) is 9.42. The molecule has 3 heteroatoms. The maximum absolute atomic E-state index is 14.2. The van der Waals surface area contributed by atoms with Gasteiger partial charge in [-0.15, -0.1) is 0 Å². The summed E-state index contributed by atoms with van der Waals surface area (Å²) in [5, 5.41) is 12.6. The highest BCUT2D eigenvalue weighted by molar-refractivity contribution is 7.79. The Balaban J connectivity index is 2.18. The monoisotopic (exact) mass is 314 g/mol. The van der Waals surface area contributed by atoms with E-state index in [9.17, 15) is 9.67 Å². The Morgan fingerprint density at radius 2 is 1.45 bits per heavy atom. The van der Waals surface area contributed by atoms with Crippen molar-refractivity contribution in [1.82, 2.24) is 0 Å². The molecular formula is C19H23O2P. The van der Waals surface area contributed by atoms with Crippen molar-refractivity contribution >= 4 is 17.8 Å². The predicted octanol–water partition coefficient (Wildman–Crippen LogP) is 3.69. The minimum absolute atomic E-state index is 0.210. The Hall–Kier alpha value is -1.37. The molecule has 2 atom stereocenters. The van der Waals surface area contributed by atoms with E-state index in [1.165, 1.54) is 0 Å². The quantitative estimate of drug-likeness (QED) is 0.877. The average Bonchev–Trinajstić information content (AvgIpc) is 2.55. The molecule has 0 unspecified atom stereocenters.